The molecule has 1 unspecified atom stereocenters. The van der Waals surface area contributed by atoms with Gasteiger partial charge in [0.1, 0.15) is 11.9 Å². The summed E-state index contributed by atoms with van der Waals surface area (Å²) in [5.74, 6) is 0.198. The van der Waals surface area contributed by atoms with Crippen molar-refractivity contribution in [3.63, 3.8) is 0 Å². The summed E-state index contributed by atoms with van der Waals surface area (Å²) >= 11 is 0. The number of aromatic nitrogens is 2. The summed E-state index contributed by atoms with van der Waals surface area (Å²) in [5.41, 5.74) is 1.39. The van der Waals surface area contributed by atoms with Gasteiger partial charge in [0.15, 0.2) is 0 Å². The smallest absolute Gasteiger partial charge is 0.223 e. The monoisotopic (exact) mass is 256 g/mol. The normalized spacial score (nSPS) is 11.6. The van der Waals surface area contributed by atoms with Crippen molar-refractivity contribution in [2.75, 3.05) is 5.32 Å². The summed E-state index contributed by atoms with van der Waals surface area (Å²) in [5, 5.41) is 11.8. The molecule has 1 heterocycles. The van der Waals surface area contributed by atoms with Gasteiger partial charge in [-0.3, -0.25) is 0 Å². The van der Waals surface area contributed by atoms with Gasteiger partial charge < -0.3 is 5.32 Å². The van der Waals surface area contributed by atoms with E-state index in [-0.39, 0.29) is 11.9 Å². The van der Waals surface area contributed by atoms with Gasteiger partial charge in [0.2, 0.25) is 5.95 Å². The van der Waals surface area contributed by atoms with Crippen LogP contribution in [-0.2, 0) is 0 Å². The topological polar surface area (TPSA) is 61.6 Å². The molecule has 1 aromatic carbocycles. The zero-order chi connectivity index (χ0) is 13.7. The SMILES string of the molecule is CCC(Nc1ncc(C#N)cn1)c1ccc(F)cc1. The summed E-state index contributed by atoms with van der Waals surface area (Å²) in [4.78, 5) is 8.12. The Morgan fingerprint density at radius 2 is 1.89 bits per heavy atom. The minimum absolute atomic E-state index is 0.00790. The number of nitriles is 1. The van der Waals surface area contributed by atoms with Crippen LogP contribution in [0.15, 0.2) is 36.7 Å². The van der Waals surface area contributed by atoms with E-state index in [0.29, 0.717) is 11.5 Å². The second-order valence-electron chi connectivity index (χ2n) is 4.06. The lowest BCUT2D eigenvalue weighted by Crippen LogP contribution is -2.12. The van der Waals surface area contributed by atoms with Gasteiger partial charge in [-0.1, -0.05) is 19.1 Å². The van der Waals surface area contributed by atoms with Crippen molar-refractivity contribution < 1.29 is 4.39 Å². The summed E-state index contributed by atoms with van der Waals surface area (Å²) in [6.45, 7) is 2.02. The Hall–Kier alpha value is -2.48. The maximum Gasteiger partial charge on any atom is 0.223 e. The number of hydrogen-bond donors (Lipinski definition) is 1. The molecule has 0 aliphatic carbocycles. The van der Waals surface area contributed by atoms with Crippen molar-refractivity contribution in [1.29, 1.82) is 5.26 Å². The van der Waals surface area contributed by atoms with Crippen LogP contribution in [0.2, 0.25) is 0 Å². The molecule has 96 valence electrons. The van der Waals surface area contributed by atoms with Crippen LogP contribution in [0.4, 0.5) is 10.3 Å². The molecule has 1 N–H and O–H groups in total. The van der Waals surface area contributed by atoms with Crippen LogP contribution in [0.25, 0.3) is 0 Å². The number of nitrogens with one attached hydrogen (secondary N) is 1. The van der Waals surface area contributed by atoms with Gasteiger partial charge >= 0.3 is 0 Å². The molecule has 0 aliphatic heterocycles. The first-order valence-electron chi connectivity index (χ1n) is 5.97. The molecular formula is C14H13FN4. The lowest BCUT2D eigenvalue weighted by Gasteiger charge is -2.17. The molecule has 0 aliphatic rings. The third-order valence-electron chi connectivity index (χ3n) is 2.76. The summed E-state index contributed by atoms with van der Waals surface area (Å²) in [6, 6.07) is 8.31. The standard InChI is InChI=1S/C14H13FN4/c1-2-13(11-3-5-12(15)6-4-11)19-14-17-8-10(7-16)9-18-14/h3-6,8-9,13H,2H2,1H3,(H,17,18,19). The highest BCUT2D eigenvalue weighted by atomic mass is 19.1. The predicted molar refractivity (Wildman–Crippen MR) is 69.8 cm³/mol. The van der Waals surface area contributed by atoms with Gasteiger partial charge in [0, 0.05) is 0 Å². The Labute approximate surface area is 110 Å². The number of rotatable bonds is 4. The molecule has 2 rings (SSSR count). The number of halogens is 1. The molecule has 0 radical (unpaired) electrons. The minimum Gasteiger partial charge on any atom is -0.347 e. The number of benzene rings is 1. The third-order valence-corrected chi connectivity index (χ3v) is 2.76. The highest BCUT2D eigenvalue weighted by Gasteiger charge is 2.10. The van der Waals surface area contributed by atoms with Crippen molar-refractivity contribution in [2.45, 2.75) is 19.4 Å². The van der Waals surface area contributed by atoms with E-state index < -0.39 is 0 Å². The number of anilines is 1. The number of nitrogens with zero attached hydrogens (tertiary/aromatic N) is 3. The van der Waals surface area contributed by atoms with E-state index in [1.165, 1.54) is 24.5 Å². The van der Waals surface area contributed by atoms with Crippen molar-refractivity contribution in [3.05, 3.63) is 53.6 Å². The molecule has 1 aromatic heterocycles. The summed E-state index contributed by atoms with van der Waals surface area (Å²) < 4.78 is 12.9. The van der Waals surface area contributed by atoms with Gasteiger partial charge in [-0.15, -0.1) is 0 Å². The van der Waals surface area contributed by atoms with E-state index in [0.717, 1.165) is 12.0 Å². The van der Waals surface area contributed by atoms with E-state index in [1.807, 2.05) is 13.0 Å². The average Bonchev–Trinajstić information content (AvgIpc) is 2.46. The maximum atomic E-state index is 12.9. The molecule has 1 atom stereocenters. The lowest BCUT2D eigenvalue weighted by molar-refractivity contribution is 0.625. The molecule has 0 fully saturated rings. The molecule has 0 saturated carbocycles. The quantitative estimate of drug-likeness (QED) is 0.913. The second kappa shape index (κ2) is 5.91. The molecule has 0 spiro atoms. The lowest BCUT2D eigenvalue weighted by atomic mass is 10.0. The molecule has 4 nitrogen and oxygen atoms in total. The highest BCUT2D eigenvalue weighted by molar-refractivity contribution is 5.34. The molecule has 5 heteroatoms. The van der Waals surface area contributed by atoms with Crippen LogP contribution in [0, 0.1) is 17.1 Å². The van der Waals surface area contributed by atoms with Gasteiger partial charge in [0.05, 0.1) is 24.0 Å². The molecule has 2 aromatic rings. The Morgan fingerprint density at radius 1 is 1.26 bits per heavy atom. The molecule has 0 amide bonds. The first-order valence-corrected chi connectivity index (χ1v) is 5.97. The van der Waals surface area contributed by atoms with Gasteiger partial charge in [-0.2, -0.15) is 5.26 Å². The fraction of sp³-hybridized carbons (Fsp3) is 0.214. The number of hydrogen-bond acceptors (Lipinski definition) is 4. The van der Waals surface area contributed by atoms with E-state index in [1.54, 1.807) is 12.1 Å². The Kier molecular flexibility index (Phi) is 4.04. The molecular weight excluding hydrogens is 243 g/mol. The molecule has 0 bridgehead atoms. The average molecular weight is 256 g/mol. The van der Waals surface area contributed by atoms with Crippen LogP contribution < -0.4 is 5.32 Å². The highest BCUT2D eigenvalue weighted by Crippen LogP contribution is 2.20. The van der Waals surface area contributed by atoms with Gasteiger partial charge in [-0.25, -0.2) is 14.4 Å². The second-order valence-corrected chi connectivity index (χ2v) is 4.06. The summed E-state index contributed by atoms with van der Waals surface area (Å²) in [6.07, 6.45) is 3.74. The minimum atomic E-state index is -0.256. The van der Waals surface area contributed by atoms with Crippen LogP contribution in [0.5, 0.6) is 0 Å². The molecule has 0 saturated heterocycles. The largest absolute Gasteiger partial charge is 0.347 e. The van der Waals surface area contributed by atoms with Crippen molar-refractivity contribution in [3.8, 4) is 6.07 Å². The third kappa shape index (κ3) is 3.26. The Morgan fingerprint density at radius 3 is 2.42 bits per heavy atom. The van der Waals surface area contributed by atoms with Crippen molar-refractivity contribution in [2.24, 2.45) is 0 Å². The van der Waals surface area contributed by atoms with Crippen molar-refractivity contribution >= 4 is 5.95 Å². The van der Waals surface area contributed by atoms with E-state index in [9.17, 15) is 4.39 Å². The van der Waals surface area contributed by atoms with E-state index in [4.69, 9.17) is 5.26 Å². The van der Waals surface area contributed by atoms with Crippen LogP contribution in [0.1, 0.15) is 30.5 Å². The first kappa shape index (κ1) is 13.0. The maximum absolute atomic E-state index is 12.9. The predicted octanol–water partition coefficient (Wildman–Crippen LogP) is 3.05. The van der Waals surface area contributed by atoms with Gasteiger partial charge in [-0.05, 0) is 24.1 Å². The summed E-state index contributed by atoms with van der Waals surface area (Å²) in [7, 11) is 0. The van der Waals surface area contributed by atoms with Gasteiger partial charge in [0.25, 0.3) is 0 Å². The fourth-order valence-electron chi connectivity index (χ4n) is 1.73. The van der Waals surface area contributed by atoms with Crippen molar-refractivity contribution in [1.82, 2.24) is 9.97 Å². The molecule has 19 heavy (non-hydrogen) atoms. The Balaban J connectivity index is 2.14. The first-order chi connectivity index (χ1) is 9.22. The van der Waals surface area contributed by atoms with Crippen LogP contribution >= 0.6 is 0 Å². The zero-order valence-electron chi connectivity index (χ0n) is 10.5. The van der Waals surface area contributed by atoms with E-state index >= 15 is 0 Å². The van der Waals surface area contributed by atoms with E-state index in [2.05, 4.69) is 15.3 Å². The van der Waals surface area contributed by atoms with Crippen LogP contribution in [-0.4, -0.2) is 9.97 Å². The Bertz CT molecular complexity index is 572. The fourth-order valence-corrected chi connectivity index (χ4v) is 1.73. The van der Waals surface area contributed by atoms with Crippen LogP contribution in [0.3, 0.4) is 0 Å². The zero-order valence-corrected chi connectivity index (χ0v) is 10.5.